The van der Waals surface area contributed by atoms with Gasteiger partial charge in [-0.3, -0.25) is 4.79 Å². The molecule has 1 aromatic rings. The third kappa shape index (κ3) is 4.59. The third-order valence-electron chi connectivity index (χ3n) is 2.92. The van der Waals surface area contributed by atoms with Crippen LogP contribution in [0.15, 0.2) is 18.2 Å². The maximum absolute atomic E-state index is 11.2. The zero-order valence-corrected chi connectivity index (χ0v) is 11.3. The lowest BCUT2D eigenvalue weighted by Gasteiger charge is -2.19. The Morgan fingerprint density at radius 1 is 1.18 bits per heavy atom. The van der Waals surface area contributed by atoms with Crippen LogP contribution in [0.1, 0.15) is 49.3 Å². The summed E-state index contributed by atoms with van der Waals surface area (Å²) in [5, 5.41) is 0. The van der Waals surface area contributed by atoms with E-state index in [1.165, 1.54) is 16.7 Å². The van der Waals surface area contributed by atoms with Gasteiger partial charge < -0.3 is 5.73 Å². The topological polar surface area (TPSA) is 43.1 Å². The van der Waals surface area contributed by atoms with Crippen molar-refractivity contribution in [3.8, 4) is 0 Å². The molecule has 0 fully saturated rings. The Hall–Kier alpha value is -1.31. The Labute approximate surface area is 104 Å². The maximum atomic E-state index is 11.2. The molecule has 0 radical (unpaired) electrons. The van der Waals surface area contributed by atoms with Crippen molar-refractivity contribution in [1.82, 2.24) is 0 Å². The van der Waals surface area contributed by atoms with Crippen molar-refractivity contribution < 1.29 is 4.79 Å². The summed E-state index contributed by atoms with van der Waals surface area (Å²) >= 11 is 0. The van der Waals surface area contributed by atoms with Crippen molar-refractivity contribution in [3.63, 3.8) is 0 Å². The van der Waals surface area contributed by atoms with Gasteiger partial charge in [-0.25, -0.2) is 0 Å². The summed E-state index contributed by atoms with van der Waals surface area (Å²) in [4.78, 5) is 11.2. The van der Waals surface area contributed by atoms with Crippen molar-refractivity contribution in [2.45, 2.75) is 46.5 Å². The number of carbonyl (C=O) groups is 1. The highest BCUT2D eigenvalue weighted by atomic mass is 16.1. The normalized spacial score (nSPS) is 12.8. The molecule has 0 heterocycles. The predicted octanol–water partition coefficient (Wildman–Crippen LogP) is 3.31. The molecule has 0 saturated carbocycles. The molecule has 2 N–H and O–H groups in total. The van der Waals surface area contributed by atoms with Gasteiger partial charge in [-0.2, -0.15) is 0 Å². The summed E-state index contributed by atoms with van der Waals surface area (Å²) in [7, 11) is 0. The fourth-order valence-corrected chi connectivity index (χ4v) is 2.39. The quantitative estimate of drug-likeness (QED) is 0.833. The van der Waals surface area contributed by atoms with Gasteiger partial charge in [0.05, 0.1) is 0 Å². The zero-order chi connectivity index (χ0) is 13.0. The minimum atomic E-state index is -0.213. The number of primary amides is 1. The van der Waals surface area contributed by atoms with E-state index in [-0.39, 0.29) is 11.8 Å². The van der Waals surface area contributed by atoms with Gasteiger partial charge in [-0.05, 0) is 37.7 Å². The van der Waals surface area contributed by atoms with Gasteiger partial charge in [-0.1, -0.05) is 43.2 Å². The maximum Gasteiger partial charge on any atom is 0.218 e. The molecule has 1 rings (SSSR count). The van der Waals surface area contributed by atoms with Crippen LogP contribution < -0.4 is 5.73 Å². The van der Waals surface area contributed by atoms with Crippen LogP contribution in [0.2, 0.25) is 0 Å². The van der Waals surface area contributed by atoms with E-state index in [2.05, 4.69) is 45.9 Å². The Bertz CT molecular complexity index is 376. The van der Waals surface area contributed by atoms with Gasteiger partial charge in [0.15, 0.2) is 0 Å². The van der Waals surface area contributed by atoms with Gasteiger partial charge in [0, 0.05) is 6.42 Å². The van der Waals surface area contributed by atoms with E-state index in [1.54, 1.807) is 0 Å². The number of rotatable bonds is 5. The van der Waals surface area contributed by atoms with Crippen LogP contribution in [0.4, 0.5) is 0 Å². The summed E-state index contributed by atoms with van der Waals surface area (Å²) in [6, 6.07) is 6.49. The van der Waals surface area contributed by atoms with Gasteiger partial charge in [0.2, 0.25) is 5.91 Å². The molecule has 0 aliphatic rings. The number of amides is 1. The van der Waals surface area contributed by atoms with Crippen molar-refractivity contribution in [2.24, 2.45) is 11.7 Å². The second-order valence-electron chi connectivity index (χ2n) is 5.42. The van der Waals surface area contributed by atoms with Crippen LogP contribution in [-0.2, 0) is 4.79 Å². The van der Waals surface area contributed by atoms with Crippen molar-refractivity contribution in [2.75, 3.05) is 0 Å². The van der Waals surface area contributed by atoms with Crippen LogP contribution in [0, 0.1) is 19.8 Å². The monoisotopic (exact) mass is 233 g/mol. The number of carbonyl (C=O) groups excluding carboxylic acids is 1. The molecular weight excluding hydrogens is 210 g/mol. The van der Waals surface area contributed by atoms with E-state index in [9.17, 15) is 4.79 Å². The molecule has 1 unspecified atom stereocenters. The van der Waals surface area contributed by atoms with Crippen LogP contribution in [0.25, 0.3) is 0 Å². The second-order valence-corrected chi connectivity index (χ2v) is 5.42. The molecule has 0 spiro atoms. The highest BCUT2D eigenvalue weighted by molar-refractivity contribution is 5.74. The molecule has 0 bridgehead atoms. The molecule has 0 aliphatic carbocycles. The van der Waals surface area contributed by atoms with E-state index in [1.807, 2.05) is 0 Å². The number of hydrogen-bond donors (Lipinski definition) is 1. The summed E-state index contributed by atoms with van der Waals surface area (Å²) in [5.41, 5.74) is 9.09. The lowest BCUT2D eigenvalue weighted by molar-refractivity contribution is -0.118. The fourth-order valence-electron chi connectivity index (χ4n) is 2.39. The van der Waals surface area contributed by atoms with Crippen LogP contribution in [0.3, 0.4) is 0 Å². The molecule has 2 heteroatoms. The van der Waals surface area contributed by atoms with Gasteiger partial charge in [0.25, 0.3) is 0 Å². The molecule has 2 nitrogen and oxygen atoms in total. The fraction of sp³-hybridized carbons (Fsp3) is 0.533. The summed E-state index contributed by atoms with van der Waals surface area (Å²) in [6.07, 6.45) is 1.45. The predicted molar refractivity (Wildman–Crippen MR) is 71.9 cm³/mol. The molecule has 0 aliphatic heterocycles. The molecule has 0 aromatic heterocycles. The first-order valence-corrected chi connectivity index (χ1v) is 6.25. The van der Waals surface area contributed by atoms with E-state index in [4.69, 9.17) is 5.73 Å². The third-order valence-corrected chi connectivity index (χ3v) is 2.92. The van der Waals surface area contributed by atoms with Crippen LogP contribution >= 0.6 is 0 Å². The van der Waals surface area contributed by atoms with Crippen molar-refractivity contribution in [3.05, 3.63) is 34.9 Å². The Kier molecular flexibility index (Phi) is 4.73. The first-order valence-electron chi connectivity index (χ1n) is 6.25. The van der Waals surface area contributed by atoms with E-state index < -0.39 is 0 Å². The molecule has 1 aromatic carbocycles. The molecule has 94 valence electrons. The Morgan fingerprint density at radius 2 is 1.71 bits per heavy atom. The van der Waals surface area contributed by atoms with Gasteiger partial charge in [-0.15, -0.1) is 0 Å². The van der Waals surface area contributed by atoms with Crippen LogP contribution in [0.5, 0.6) is 0 Å². The molecular formula is C15H23NO. The average molecular weight is 233 g/mol. The van der Waals surface area contributed by atoms with E-state index >= 15 is 0 Å². The summed E-state index contributed by atoms with van der Waals surface area (Å²) in [5.74, 6) is 0.612. The van der Waals surface area contributed by atoms with Crippen LogP contribution in [-0.4, -0.2) is 5.91 Å². The SMILES string of the molecule is Cc1cc(C)cc(C(CC(N)=O)CC(C)C)c1. The summed E-state index contributed by atoms with van der Waals surface area (Å²) in [6.45, 7) is 8.54. The number of hydrogen-bond acceptors (Lipinski definition) is 1. The summed E-state index contributed by atoms with van der Waals surface area (Å²) < 4.78 is 0. The number of benzene rings is 1. The average Bonchev–Trinajstić information content (AvgIpc) is 2.13. The molecule has 17 heavy (non-hydrogen) atoms. The van der Waals surface area contributed by atoms with Gasteiger partial charge >= 0.3 is 0 Å². The first kappa shape index (κ1) is 13.8. The zero-order valence-electron chi connectivity index (χ0n) is 11.3. The minimum absolute atomic E-state index is 0.213. The Morgan fingerprint density at radius 3 is 2.12 bits per heavy atom. The minimum Gasteiger partial charge on any atom is -0.370 e. The molecule has 0 saturated heterocycles. The number of aryl methyl sites for hydroxylation is 2. The highest BCUT2D eigenvalue weighted by Crippen LogP contribution is 2.28. The largest absolute Gasteiger partial charge is 0.370 e. The van der Waals surface area contributed by atoms with Crippen molar-refractivity contribution >= 4 is 5.91 Å². The van der Waals surface area contributed by atoms with Crippen molar-refractivity contribution in [1.29, 1.82) is 0 Å². The number of nitrogens with two attached hydrogens (primary N) is 1. The Balaban J connectivity index is 2.98. The highest BCUT2D eigenvalue weighted by Gasteiger charge is 2.16. The first-order chi connectivity index (χ1) is 7.88. The van der Waals surface area contributed by atoms with Gasteiger partial charge in [0.1, 0.15) is 0 Å². The lowest BCUT2D eigenvalue weighted by atomic mass is 9.86. The van der Waals surface area contributed by atoms with E-state index in [0.29, 0.717) is 12.3 Å². The smallest absolute Gasteiger partial charge is 0.218 e. The lowest BCUT2D eigenvalue weighted by Crippen LogP contribution is -2.16. The standard InChI is InChI=1S/C15H23NO/c1-10(2)5-13(9-15(16)17)14-7-11(3)6-12(4)8-14/h6-8,10,13H,5,9H2,1-4H3,(H2,16,17). The molecule has 1 amide bonds. The second kappa shape index (κ2) is 5.85. The van der Waals surface area contributed by atoms with E-state index in [0.717, 1.165) is 6.42 Å². The molecule has 1 atom stereocenters.